The minimum atomic E-state index is 0.490. The molecule has 14 heavy (non-hydrogen) atoms. The van der Waals surface area contributed by atoms with Crippen molar-refractivity contribution in [3.05, 3.63) is 6.20 Å². The summed E-state index contributed by atoms with van der Waals surface area (Å²) >= 11 is 5.90. The molecular weight excluding hydrogens is 200 g/mol. The fourth-order valence-corrected chi connectivity index (χ4v) is 2.49. The molecule has 1 saturated heterocycles. The number of anilines is 1. The highest BCUT2D eigenvalue weighted by Crippen LogP contribution is 2.29. The normalized spacial score (nSPS) is 27.2. The first-order valence-corrected chi connectivity index (χ1v) is 5.44. The zero-order chi connectivity index (χ0) is 10.1. The second-order valence-electron chi connectivity index (χ2n) is 3.85. The Balaban J connectivity index is 2.18. The fourth-order valence-electron chi connectivity index (χ4n) is 2.08. The van der Waals surface area contributed by atoms with Gasteiger partial charge >= 0.3 is 0 Å². The van der Waals surface area contributed by atoms with Crippen molar-refractivity contribution in [2.24, 2.45) is 13.0 Å². The van der Waals surface area contributed by atoms with Crippen LogP contribution in [0.15, 0.2) is 6.20 Å². The van der Waals surface area contributed by atoms with Gasteiger partial charge in [-0.3, -0.25) is 0 Å². The lowest BCUT2D eigenvalue weighted by Crippen LogP contribution is -2.31. The summed E-state index contributed by atoms with van der Waals surface area (Å²) in [7, 11) is 1.92. The molecule has 2 unspecified atom stereocenters. The maximum absolute atomic E-state index is 5.90. The molecule has 2 rings (SSSR count). The molecular formula is C9H15ClN4. The fraction of sp³-hybridized carbons (Fsp3) is 0.778. The van der Waals surface area contributed by atoms with E-state index in [0.29, 0.717) is 12.0 Å². The Morgan fingerprint density at radius 2 is 2.43 bits per heavy atom. The van der Waals surface area contributed by atoms with Crippen molar-refractivity contribution in [3.8, 4) is 0 Å². The van der Waals surface area contributed by atoms with Crippen LogP contribution in [0.2, 0.25) is 0 Å². The summed E-state index contributed by atoms with van der Waals surface area (Å²) in [4.78, 5) is 2.33. The van der Waals surface area contributed by atoms with Crippen LogP contribution >= 0.6 is 11.6 Å². The van der Waals surface area contributed by atoms with Crippen LogP contribution in [-0.4, -0.2) is 33.5 Å². The van der Waals surface area contributed by atoms with Crippen LogP contribution in [0.25, 0.3) is 0 Å². The molecule has 2 heterocycles. The van der Waals surface area contributed by atoms with Crippen LogP contribution in [0.1, 0.15) is 13.3 Å². The zero-order valence-electron chi connectivity index (χ0n) is 8.52. The van der Waals surface area contributed by atoms with E-state index in [1.165, 1.54) is 0 Å². The lowest BCUT2D eigenvalue weighted by atomic mass is 10.1. The van der Waals surface area contributed by atoms with E-state index in [1.54, 1.807) is 0 Å². The molecule has 1 fully saturated rings. The number of rotatable bonds is 2. The third-order valence-corrected chi connectivity index (χ3v) is 3.49. The highest BCUT2D eigenvalue weighted by molar-refractivity contribution is 6.18. The number of nitrogens with zero attached hydrogens (tertiary/aromatic N) is 4. The van der Waals surface area contributed by atoms with Crippen molar-refractivity contribution in [2.75, 3.05) is 17.3 Å². The van der Waals surface area contributed by atoms with Crippen molar-refractivity contribution in [1.82, 2.24) is 15.0 Å². The Bertz CT molecular complexity index is 312. The molecule has 0 bridgehead atoms. The minimum absolute atomic E-state index is 0.490. The SMILES string of the molecule is CC1C(CCl)CCN1c1cnnn1C. The van der Waals surface area contributed by atoms with Gasteiger partial charge in [0.2, 0.25) is 0 Å². The van der Waals surface area contributed by atoms with Crippen LogP contribution < -0.4 is 4.90 Å². The maximum atomic E-state index is 5.90. The van der Waals surface area contributed by atoms with E-state index in [2.05, 4.69) is 22.1 Å². The van der Waals surface area contributed by atoms with Crippen LogP contribution in [0.3, 0.4) is 0 Å². The van der Waals surface area contributed by atoms with Crippen molar-refractivity contribution in [2.45, 2.75) is 19.4 Å². The summed E-state index contributed by atoms with van der Waals surface area (Å²) in [5.41, 5.74) is 0. The largest absolute Gasteiger partial charge is 0.352 e. The molecule has 0 spiro atoms. The van der Waals surface area contributed by atoms with Gasteiger partial charge in [0.05, 0.1) is 6.20 Å². The van der Waals surface area contributed by atoms with Crippen molar-refractivity contribution in [1.29, 1.82) is 0 Å². The van der Waals surface area contributed by atoms with E-state index in [4.69, 9.17) is 11.6 Å². The summed E-state index contributed by atoms with van der Waals surface area (Å²) in [6.45, 7) is 3.27. The standard InChI is InChI=1S/C9H15ClN4/c1-7-8(5-10)3-4-14(7)9-6-11-12-13(9)2/h6-8H,3-5H2,1-2H3. The molecule has 0 saturated carbocycles. The lowest BCUT2D eigenvalue weighted by molar-refractivity contribution is 0.545. The van der Waals surface area contributed by atoms with E-state index in [9.17, 15) is 0 Å². The maximum Gasteiger partial charge on any atom is 0.147 e. The van der Waals surface area contributed by atoms with Crippen LogP contribution in [-0.2, 0) is 7.05 Å². The van der Waals surface area contributed by atoms with Gasteiger partial charge in [0, 0.05) is 25.5 Å². The zero-order valence-corrected chi connectivity index (χ0v) is 9.28. The van der Waals surface area contributed by atoms with Crippen LogP contribution in [0.5, 0.6) is 0 Å². The van der Waals surface area contributed by atoms with Gasteiger partial charge in [0.25, 0.3) is 0 Å². The molecule has 0 N–H and O–H groups in total. The first-order chi connectivity index (χ1) is 6.74. The molecule has 1 aliphatic rings. The molecule has 0 radical (unpaired) electrons. The summed E-state index contributed by atoms with van der Waals surface area (Å²) in [5, 5.41) is 7.83. The highest BCUT2D eigenvalue weighted by Gasteiger charge is 2.31. The van der Waals surface area contributed by atoms with Gasteiger partial charge in [-0.15, -0.1) is 16.7 Å². The number of halogens is 1. The molecule has 2 atom stereocenters. The third kappa shape index (κ3) is 1.47. The molecule has 0 aliphatic carbocycles. The van der Waals surface area contributed by atoms with E-state index >= 15 is 0 Å². The monoisotopic (exact) mass is 214 g/mol. The highest BCUT2D eigenvalue weighted by atomic mass is 35.5. The summed E-state index contributed by atoms with van der Waals surface area (Å²) in [5.74, 6) is 2.42. The van der Waals surface area contributed by atoms with Gasteiger partial charge < -0.3 is 4.90 Å². The van der Waals surface area contributed by atoms with Gasteiger partial charge in [0.15, 0.2) is 0 Å². The molecule has 1 aromatic rings. The Labute approximate surface area is 88.8 Å². The average molecular weight is 215 g/mol. The summed E-state index contributed by atoms with van der Waals surface area (Å²) in [6, 6.07) is 0.490. The number of alkyl halides is 1. The summed E-state index contributed by atoms with van der Waals surface area (Å²) < 4.78 is 1.81. The van der Waals surface area contributed by atoms with Gasteiger partial charge in [-0.2, -0.15) is 0 Å². The molecule has 5 heteroatoms. The number of hydrogen-bond donors (Lipinski definition) is 0. The van der Waals surface area contributed by atoms with Crippen LogP contribution in [0.4, 0.5) is 5.82 Å². The summed E-state index contributed by atoms with van der Waals surface area (Å²) in [6.07, 6.45) is 2.98. The lowest BCUT2D eigenvalue weighted by Gasteiger charge is -2.24. The number of hydrogen-bond acceptors (Lipinski definition) is 3. The Morgan fingerprint density at radius 3 is 2.93 bits per heavy atom. The molecule has 4 nitrogen and oxygen atoms in total. The van der Waals surface area contributed by atoms with Crippen LogP contribution in [0, 0.1) is 5.92 Å². The molecule has 0 amide bonds. The Morgan fingerprint density at radius 1 is 1.64 bits per heavy atom. The predicted octanol–water partition coefficient (Wildman–Crippen LogP) is 1.27. The molecule has 0 aromatic carbocycles. The van der Waals surface area contributed by atoms with Crippen molar-refractivity contribution < 1.29 is 0 Å². The second kappa shape index (κ2) is 3.77. The van der Waals surface area contributed by atoms with E-state index in [-0.39, 0.29) is 0 Å². The second-order valence-corrected chi connectivity index (χ2v) is 4.16. The Kier molecular flexibility index (Phi) is 2.63. The van der Waals surface area contributed by atoms with Crippen molar-refractivity contribution >= 4 is 17.4 Å². The number of aryl methyl sites for hydroxylation is 1. The minimum Gasteiger partial charge on any atom is -0.352 e. The van der Waals surface area contributed by atoms with Gasteiger partial charge in [0.1, 0.15) is 5.82 Å². The van der Waals surface area contributed by atoms with Gasteiger partial charge in [-0.25, -0.2) is 4.68 Å². The topological polar surface area (TPSA) is 34.0 Å². The van der Waals surface area contributed by atoms with E-state index < -0.39 is 0 Å². The predicted molar refractivity (Wildman–Crippen MR) is 56.6 cm³/mol. The first kappa shape index (κ1) is 9.77. The Hall–Kier alpha value is -0.770. The molecule has 1 aromatic heterocycles. The van der Waals surface area contributed by atoms with Gasteiger partial charge in [-0.1, -0.05) is 5.21 Å². The smallest absolute Gasteiger partial charge is 0.147 e. The molecule has 78 valence electrons. The van der Waals surface area contributed by atoms with E-state index in [0.717, 1.165) is 24.7 Å². The third-order valence-electron chi connectivity index (χ3n) is 3.10. The first-order valence-electron chi connectivity index (χ1n) is 4.91. The molecule has 1 aliphatic heterocycles. The average Bonchev–Trinajstić information content (AvgIpc) is 2.72. The quantitative estimate of drug-likeness (QED) is 0.696. The number of aromatic nitrogens is 3. The van der Waals surface area contributed by atoms with Gasteiger partial charge in [-0.05, 0) is 19.3 Å². The van der Waals surface area contributed by atoms with E-state index in [1.807, 2.05) is 17.9 Å². The van der Waals surface area contributed by atoms with Crippen molar-refractivity contribution in [3.63, 3.8) is 0 Å².